The van der Waals surface area contributed by atoms with Crippen LogP contribution in [0.3, 0.4) is 0 Å². The van der Waals surface area contributed by atoms with E-state index in [0.29, 0.717) is 28.7 Å². The molecule has 8 heteroatoms. The Balaban J connectivity index is 1.27. The SMILES string of the molecule is CC[C@H]1[C@@H]2C[C@H]3C4[NH+](C)c5ccccc5[C@]45C[C@@H]([C@H]2[C@@H]5O)N3[C@@H]1OC(=O)c1cc(OC)c(OC)c(OC)c1. The molecule has 8 nitrogen and oxygen atoms in total. The first-order chi connectivity index (χ1) is 18.4. The number of methoxy groups -OCH3 is 3. The van der Waals surface area contributed by atoms with Gasteiger partial charge in [-0.25, -0.2) is 4.79 Å². The van der Waals surface area contributed by atoms with Crippen molar-refractivity contribution in [2.75, 3.05) is 28.4 Å². The van der Waals surface area contributed by atoms with Gasteiger partial charge in [-0.2, -0.15) is 0 Å². The van der Waals surface area contributed by atoms with Crippen molar-refractivity contribution < 1.29 is 33.7 Å². The van der Waals surface area contributed by atoms with Gasteiger partial charge in [-0.15, -0.1) is 0 Å². The molecule has 5 aliphatic heterocycles. The minimum Gasteiger partial charge on any atom is -0.493 e. The molecule has 5 heterocycles. The molecule has 0 aromatic heterocycles. The van der Waals surface area contributed by atoms with Gasteiger partial charge < -0.3 is 29.0 Å². The number of hydrogen-bond acceptors (Lipinski definition) is 7. The maximum Gasteiger partial charge on any atom is 0.339 e. The van der Waals surface area contributed by atoms with E-state index in [9.17, 15) is 9.90 Å². The Morgan fingerprint density at radius 3 is 2.47 bits per heavy atom. The number of rotatable bonds is 6. The summed E-state index contributed by atoms with van der Waals surface area (Å²) in [4.78, 5) is 17.6. The number of nitrogens with zero attached hydrogens (tertiary/aromatic N) is 1. The van der Waals surface area contributed by atoms with E-state index in [0.717, 1.165) is 19.3 Å². The Kier molecular flexibility index (Phi) is 5.32. The fourth-order valence-corrected chi connectivity index (χ4v) is 9.56. The molecular formula is C30H37N2O6+. The summed E-state index contributed by atoms with van der Waals surface area (Å²) < 4.78 is 22.8. The third-order valence-corrected chi connectivity index (χ3v) is 10.7. The monoisotopic (exact) mass is 521 g/mol. The van der Waals surface area contributed by atoms with Crippen molar-refractivity contribution in [2.45, 2.75) is 62.1 Å². The second-order valence-electron chi connectivity index (χ2n) is 11.7. The molecule has 1 aliphatic carbocycles. The van der Waals surface area contributed by atoms with Gasteiger partial charge in [0.1, 0.15) is 11.7 Å². The Morgan fingerprint density at radius 2 is 1.82 bits per heavy atom. The van der Waals surface area contributed by atoms with E-state index in [1.165, 1.54) is 30.4 Å². The van der Waals surface area contributed by atoms with Crippen LogP contribution in [0.25, 0.3) is 0 Å². The Bertz CT molecular complexity index is 1270. The van der Waals surface area contributed by atoms with Crippen LogP contribution >= 0.6 is 0 Å². The average molecular weight is 522 g/mol. The number of aliphatic hydroxyl groups is 1. The van der Waals surface area contributed by atoms with E-state index < -0.39 is 5.97 Å². The molecular weight excluding hydrogens is 484 g/mol. The van der Waals surface area contributed by atoms with Crippen molar-refractivity contribution in [1.82, 2.24) is 4.90 Å². The Labute approximate surface area is 223 Å². The predicted molar refractivity (Wildman–Crippen MR) is 139 cm³/mol. The number of esters is 1. The zero-order valence-electron chi connectivity index (χ0n) is 22.6. The molecule has 11 atom stereocenters. The summed E-state index contributed by atoms with van der Waals surface area (Å²) in [6, 6.07) is 12.7. The van der Waals surface area contributed by atoms with Crippen molar-refractivity contribution in [2.24, 2.45) is 17.8 Å². The summed E-state index contributed by atoms with van der Waals surface area (Å²) in [5.41, 5.74) is 2.78. The minimum absolute atomic E-state index is 0.178. The first-order valence-electron chi connectivity index (χ1n) is 13.8. The lowest BCUT2D eigenvalue weighted by Crippen LogP contribution is -3.11. The predicted octanol–water partition coefficient (Wildman–Crippen LogP) is 2.16. The first-order valence-corrected chi connectivity index (χ1v) is 13.8. The average Bonchev–Trinajstić information content (AvgIpc) is 3.33. The van der Waals surface area contributed by atoms with Gasteiger partial charge in [0, 0.05) is 23.4 Å². The van der Waals surface area contributed by atoms with E-state index in [4.69, 9.17) is 18.9 Å². The molecule has 4 saturated heterocycles. The number of likely N-dealkylation sites (N-methyl/N-ethyl adjacent to an activating group) is 1. The number of carbonyl (C=O) groups excluding carboxylic acids is 1. The van der Waals surface area contributed by atoms with Crippen molar-refractivity contribution >= 4 is 11.7 Å². The normalized spacial score (nSPS) is 41.0. The zero-order valence-corrected chi connectivity index (χ0v) is 22.6. The number of piperidine rings is 4. The fourth-order valence-electron chi connectivity index (χ4n) is 9.56. The molecule has 2 aromatic rings. The quantitative estimate of drug-likeness (QED) is 0.564. The van der Waals surface area contributed by atoms with Crippen LogP contribution in [0.2, 0.25) is 0 Å². The minimum atomic E-state index is -0.392. The topological polar surface area (TPSA) is 81.9 Å². The maximum absolute atomic E-state index is 13.7. The highest BCUT2D eigenvalue weighted by atomic mass is 16.6. The van der Waals surface area contributed by atoms with Crippen LogP contribution in [-0.4, -0.2) is 74.8 Å². The van der Waals surface area contributed by atoms with Gasteiger partial charge >= 0.3 is 5.97 Å². The highest BCUT2D eigenvalue weighted by Gasteiger charge is 2.79. The lowest BCUT2D eigenvalue weighted by molar-refractivity contribution is -0.842. The Morgan fingerprint density at radius 1 is 1.11 bits per heavy atom. The number of carbonyl (C=O) groups is 1. The molecule has 1 spiro atoms. The number of hydrogen-bond donors (Lipinski definition) is 2. The van der Waals surface area contributed by atoms with Crippen LogP contribution in [0, 0.1) is 17.8 Å². The van der Waals surface area contributed by atoms with E-state index in [-0.39, 0.29) is 47.7 Å². The highest BCUT2D eigenvalue weighted by molar-refractivity contribution is 5.91. The van der Waals surface area contributed by atoms with Crippen molar-refractivity contribution in [3.05, 3.63) is 47.5 Å². The van der Waals surface area contributed by atoms with Gasteiger partial charge in [0.2, 0.25) is 5.75 Å². The molecule has 2 aromatic carbocycles. The summed E-state index contributed by atoms with van der Waals surface area (Å²) in [6.45, 7) is 2.18. The molecule has 5 bridgehead atoms. The summed E-state index contributed by atoms with van der Waals surface area (Å²) in [5, 5.41) is 12.1. The summed E-state index contributed by atoms with van der Waals surface area (Å²) in [7, 11) is 6.87. The van der Waals surface area contributed by atoms with Gasteiger partial charge in [0.25, 0.3) is 0 Å². The number of benzene rings is 2. The molecule has 2 N–H and O–H groups in total. The fraction of sp³-hybridized carbons (Fsp3) is 0.567. The second kappa shape index (κ2) is 8.34. The number of nitrogens with one attached hydrogen (secondary N) is 1. The van der Waals surface area contributed by atoms with Crippen LogP contribution in [0.1, 0.15) is 42.1 Å². The van der Waals surface area contributed by atoms with Gasteiger partial charge in [-0.3, -0.25) is 4.90 Å². The summed E-state index contributed by atoms with van der Waals surface area (Å²) in [6.07, 6.45) is 2.16. The second-order valence-corrected chi connectivity index (χ2v) is 11.7. The molecule has 5 fully saturated rings. The van der Waals surface area contributed by atoms with Crippen molar-refractivity contribution in [3.8, 4) is 17.2 Å². The number of aliphatic hydroxyl groups excluding tert-OH is 1. The lowest BCUT2D eigenvalue weighted by Gasteiger charge is -2.61. The van der Waals surface area contributed by atoms with Gasteiger partial charge in [-0.1, -0.05) is 25.1 Å². The first kappa shape index (κ1) is 24.2. The van der Waals surface area contributed by atoms with Crippen LogP contribution < -0.4 is 19.1 Å². The van der Waals surface area contributed by atoms with E-state index in [1.807, 2.05) is 0 Å². The largest absolute Gasteiger partial charge is 0.493 e. The van der Waals surface area contributed by atoms with E-state index in [1.54, 1.807) is 19.2 Å². The molecule has 3 unspecified atom stereocenters. The van der Waals surface area contributed by atoms with E-state index in [2.05, 4.69) is 43.1 Å². The van der Waals surface area contributed by atoms with Gasteiger partial charge in [-0.05, 0) is 43.4 Å². The van der Waals surface area contributed by atoms with Crippen LogP contribution in [0.15, 0.2) is 36.4 Å². The molecule has 0 amide bonds. The van der Waals surface area contributed by atoms with E-state index >= 15 is 0 Å². The molecule has 1 saturated carbocycles. The summed E-state index contributed by atoms with van der Waals surface area (Å²) >= 11 is 0. The molecule has 6 aliphatic rings. The van der Waals surface area contributed by atoms with Crippen molar-refractivity contribution in [3.63, 3.8) is 0 Å². The maximum atomic E-state index is 13.7. The van der Waals surface area contributed by atoms with Gasteiger partial charge in [0.15, 0.2) is 17.7 Å². The summed E-state index contributed by atoms with van der Waals surface area (Å²) in [5.74, 6) is 1.61. The zero-order chi connectivity index (χ0) is 26.5. The Hall–Kier alpha value is -2.81. The number of ether oxygens (including phenoxy) is 4. The molecule has 38 heavy (non-hydrogen) atoms. The molecule has 202 valence electrons. The molecule has 8 rings (SSSR count). The van der Waals surface area contributed by atoms with Crippen LogP contribution in [0.4, 0.5) is 5.69 Å². The number of quaternary nitrogens is 1. The standard InChI is InChI=1S/C30H36N2O6/c1-6-16-17-13-20-26-30(18-9-7-8-10-19(18)31(26)2)14-21(24(17)27(30)33)32(20)28(16)38-29(34)15-11-22(35-3)25(37-5)23(12-15)36-4/h7-12,16-17,20-21,24,26-28,33H,6,13-14H2,1-5H3/p+1/t16-,17-,20-,21-,24-,26?,27-,28+,30+/m0/s1. The molecule has 0 radical (unpaired) electrons. The smallest absolute Gasteiger partial charge is 0.339 e. The third kappa shape index (κ3) is 2.78. The number of fused-ring (bicyclic) bond motifs is 2. The van der Waals surface area contributed by atoms with Crippen LogP contribution in [0.5, 0.6) is 17.2 Å². The van der Waals surface area contributed by atoms with Gasteiger partial charge in [0.05, 0.1) is 51.5 Å². The highest BCUT2D eigenvalue weighted by Crippen LogP contribution is 2.66. The van der Waals surface area contributed by atoms with Crippen LogP contribution in [-0.2, 0) is 10.2 Å². The lowest BCUT2D eigenvalue weighted by atomic mass is 9.62. The van der Waals surface area contributed by atoms with Crippen molar-refractivity contribution in [1.29, 1.82) is 0 Å². The number of para-hydroxylation sites is 1. The third-order valence-electron chi connectivity index (χ3n) is 10.7.